The van der Waals surface area contributed by atoms with Gasteiger partial charge in [-0.2, -0.15) is 0 Å². The van der Waals surface area contributed by atoms with E-state index >= 15 is 0 Å². The van der Waals surface area contributed by atoms with Crippen LogP contribution in [0, 0.1) is 11.6 Å². The lowest BCUT2D eigenvalue weighted by atomic mass is 10.1. The second-order valence-electron chi connectivity index (χ2n) is 4.29. The number of hydrogen-bond donors (Lipinski definition) is 2. The number of aliphatic hydroxyl groups excluding tert-OH is 1. The quantitative estimate of drug-likeness (QED) is 0.822. The van der Waals surface area contributed by atoms with Gasteiger partial charge in [0, 0.05) is 28.8 Å². The molecule has 0 spiro atoms. The Morgan fingerprint density at radius 2 is 1.85 bits per heavy atom. The van der Waals surface area contributed by atoms with Gasteiger partial charge in [0.2, 0.25) is 0 Å². The summed E-state index contributed by atoms with van der Waals surface area (Å²) in [6, 6.07) is 10.9. The summed E-state index contributed by atoms with van der Waals surface area (Å²) in [5.41, 5.74) is 0.920. The van der Waals surface area contributed by atoms with Crippen LogP contribution in [0.25, 0.3) is 0 Å². The van der Waals surface area contributed by atoms with Gasteiger partial charge in [-0.15, -0.1) is 11.8 Å². The molecule has 1 unspecified atom stereocenters. The maximum Gasteiger partial charge on any atom is 0.131 e. The van der Waals surface area contributed by atoms with Crippen LogP contribution < -0.4 is 5.32 Å². The Kier molecular flexibility index (Phi) is 4.98. The predicted octanol–water partition coefficient (Wildman–Crippen LogP) is 3.83. The molecule has 106 valence electrons. The molecule has 2 nitrogen and oxygen atoms in total. The van der Waals surface area contributed by atoms with Gasteiger partial charge >= 0.3 is 0 Å². The van der Waals surface area contributed by atoms with Crippen LogP contribution in [0.2, 0.25) is 0 Å². The van der Waals surface area contributed by atoms with Crippen molar-refractivity contribution in [1.29, 1.82) is 0 Å². The molecule has 1 atom stereocenters. The molecule has 0 aliphatic rings. The first-order valence-corrected chi connectivity index (χ1v) is 7.33. The molecule has 0 amide bonds. The summed E-state index contributed by atoms with van der Waals surface area (Å²) in [4.78, 5) is 1.14. The molecular formula is C15H15F2NOS. The van der Waals surface area contributed by atoms with Gasteiger partial charge in [-0.3, -0.25) is 0 Å². The predicted molar refractivity (Wildman–Crippen MR) is 78.0 cm³/mol. The van der Waals surface area contributed by atoms with Crippen LogP contribution in [0.4, 0.5) is 14.5 Å². The summed E-state index contributed by atoms with van der Waals surface area (Å²) < 4.78 is 26.3. The molecule has 2 N–H and O–H groups in total. The SMILES string of the molecule is CSc1ccc(NCC(O)c2ccc(F)cc2F)cc1. The first-order valence-electron chi connectivity index (χ1n) is 6.11. The lowest BCUT2D eigenvalue weighted by Gasteiger charge is -2.14. The molecule has 20 heavy (non-hydrogen) atoms. The molecule has 2 aromatic carbocycles. The summed E-state index contributed by atoms with van der Waals surface area (Å²) in [7, 11) is 0. The first-order chi connectivity index (χ1) is 9.60. The van der Waals surface area contributed by atoms with Gasteiger partial charge in [-0.05, 0) is 36.6 Å². The average molecular weight is 295 g/mol. The molecule has 0 saturated heterocycles. The zero-order valence-corrected chi connectivity index (χ0v) is 11.8. The van der Waals surface area contributed by atoms with E-state index in [1.165, 1.54) is 6.07 Å². The Morgan fingerprint density at radius 3 is 2.45 bits per heavy atom. The number of rotatable bonds is 5. The van der Waals surface area contributed by atoms with Gasteiger partial charge in [0.25, 0.3) is 0 Å². The molecular weight excluding hydrogens is 280 g/mol. The molecule has 2 rings (SSSR count). The van der Waals surface area contributed by atoms with Crippen molar-refractivity contribution in [1.82, 2.24) is 0 Å². The summed E-state index contributed by atoms with van der Waals surface area (Å²) in [6.07, 6.45) is 0.958. The third kappa shape index (κ3) is 3.71. The van der Waals surface area contributed by atoms with E-state index in [0.29, 0.717) is 0 Å². The first kappa shape index (κ1) is 14.8. The zero-order valence-electron chi connectivity index (χ0n) is 10.9. The highest BCUT2D eigenvalue weighted by Gasteiger charge is 2.13. The lowest BCUT2D eigenvalue weighted by molar-refractivity contribution is 0.186. The second-order valence-corrected chi connectivity index (χ2v) is 5.17. The number of aliphatic hydroxyl groups is 1. The number of nitrogens with one attached hydrogen (secondary N) is 1. The van der Waals surface area contributed by atoms with Crippen molar-refractivity contribution in [3.63, 3.8) is 0 Å². The van der Waals surface area contributed by atoms with Crippen molar-refractivity contribution >= 4 is 17.4 Å². The smallest absolute Gasteiger partial charge is 0.131 e. The summed E-state index contributed by atoms with van der Waals surface area (Å²) >= 11 is 1.64. The lowest BCUT2D eigenvalue weighted by Crippen LogP contribution is -2.13. The van der Waals surface area contributed by atoms with E-state index in [9.17, 15) is 13.9 Å². The van der Waals surface area contributed by atoms with E-state index in [1.807, 2.05) is 30.5 Å². The Labute approximate surface area is 120 Å². The molecule has 0 aromatic heterocycles. The fourth-order valence-electron chi connectivity index (χ4n) is 1.81. The van der Waals surface area contributed by atoms with Crippen molar-refractivity contribution < 1.29 is 13.9 Å². The third-order valence-corrected chi connectivity index (χ3v) is 3.65. The fraction of sp³-hybridized carbons (Fsp3) is 0.200. The number of thioether (sulfide) groups is 1. The summed E-state index contributed by atoms with van der Waals surface area (Å²) in [6.45, 7) is 0.154. The van der Waals surface area contributed by atoms with Crippen LogP contribution in [0.1, 0.15) is 11.7 Å². The van der Waals surface area contributed by atoms with E-state index in [0.717, 1.165) is 22.7 Å². The van der Waals surface area contributed by atoms with Crippen molar-refractivity contribution in [3.8, 4) is 0 Å². The van der Waals surface area contributed by atoms with Crippen molar-refractivity contribution in [2.75, 3.05) is 18.1 Å². The fourth-order valence-corrected chi connectivity index (χ4v) is 2.21. The van der Waals surface area contributed by atoms with Crippen LogP contribution >= 0.6 is 11.8 Å². The highest BCUT2D eigenvalue weighted by Crippen LogP contribution is 2.20. The molecule has 0 radical (unpaired) electrons. The van der Waals surface area contributed by atoms with Crippen LogP contribution in [0.3, 0.4) is 0 Å². The Morgan fingerprint density at radius 1 is 1.15 bits per heavy atom. The van der Waals surface area contributed by atoms with E-state index in [4.69, 9.17) is 0 Å². The van der Waals surface area contributed by atoms with E-state index in [2.05, 4.69) is 5.32 Å². The maximum atomic E-state index is 13.5. The minimum Gasteiger partial charge on any atom is -0.386 e. The Bertz CT molecular complexity index is 575. The molecule has 0 fully saturated rings. The molecule has 0 saturated carbocycles. The van der Waals surface area contributed by atoms with Crippen LogP contribution in [0.5, 0.6) is 0 Å². The van der Waals surface area contributed by atoms with E-state index in [1.54, 1.807) is 11.8 Å². The standard InChI is InChI=1S/C15H15F2NOS/c1-20-12-5-3-11(4-6-12)18-9-15(19)13-7-2-10(16)8-14(13)17/h2-8,15,18-19H,9H2,1H3. The third-order valence-electron chi connectivity index (χ3n) is 2.91. The van der Waals surface area contributed by atoms with Crippen molar-refractivity contribution in [2.45, 2.75) is 11.0 Å². The average Bonchev–Trinajstić information content (AvgIpc) is 2.45. The molecule has 2 aromatic rings. The Balaban J connectivity index is 1.98. The van der Waals surface area contributed by atoms with Gasteiger partial charge in [-0.25, -0.2) is 8.78 Å². The van der Waals surface area contributed by atoms with Crippen LogP contribution in [0.15, 0.2) is 47.4 Å². The normalized spacial score (nSPS) is 12.2. The molecule has 0 aliphatic carbocycles. The molecule has 5 heteroatoms. The largest absolute Gasteiger partial charge is 0.386 e. The summed E-state index contributed by atoms with van der Waals surface area (Å²) in [5, 5.41) is 12.9. The number of anilines is 1. The van der Waals surface area contributed by atoms with E-state index < -0.39 is 17.7 Å². The number of hydrogen-bond acceptors (Lipinski definition) is 3. The van der Waals surface area contributed by atoms with Crippen molar-refractivity contribution in [2.24, 2.45) is 0 Å². The van der Waals surface area contributed by atoms with Gasteiger partial charge < -0.3 is 10.4 Å². The van der Waals surface area contributed by atoms with Crippen molar-refractivity contribution in [3.05, 3.63) is 59.7 Å². The minimum absolute atomic E-state index is 0.0830. The highest BCUT2D eigenvalue weighted by molar-refractivity contribution is 7.98. The van der Waals surface area contributed by atoms with Gasteiger partial charge in [0.15, 0.2) is 0 Å². The molecule has 0 heterocycles. The highest BCUT2D eigenvalue weighted by atomic mass is 32.2. The van der Waals surface area contributed by atoms with E-state index in [-0.39, 0.29) is 12.1 Å². The van der Waals surface area contributed by atoms with Gasteiger partial charge in [-0.1, -0.05) is 6.07 Å². The van der Waals surface area contributed by atoms with Gasteiger partial charge in [0.05, 0.1) is 6.10 Å². The zero-order chi connectivity index (χ0) is 14.5. The topological polar surface area (TPSA) is 32.3 Å². The number of benzene rings is 2. The molecule has 0 bridgehead atoms. The Hall–Kier alpha value is -1.59. The molecule has 0 aliphatic heterocycles. The number of halogens is 2. The minimum atomic E-state index is -1.03. The maximum absolute atomic E-state index is 13.5. The monoisotopic (exact) mass is 295 g/mol. The second kappa shape index (κ2) is 6.72. The summed E-state index contributed by atoms with van der Waals surface area (Å²) in [5.74, 6) is -1.39. The van der Waals surface area contributed by atoms with Gasteiger partial charge in [0.1, 0.15) is 11.6 Å². The van der Waals surface area contributed by atoms with Crippen LogP contribution in [-0.2, 0) is 0 Å². The van der Waals surface area contributed by atoms with Crippen LogP contribution in [-0.4, -0.2) is 17.9 Å².